The summed E-state index contributed by atoms with van der Waals surface area (Å²) in [4.78, 5) is 13.4. The molecule has 1 atom stereocenters. The molecule has 1 amide bonds. The highest BCUT2D eigenvalue weighted by Crippen LogP contribution is 2.20. The minimum atomic E-state index is -0.451. The Morgan fingerprint density at radius 1 is 1.57 bits per heavy atom. The summed E-state index contributed by atoms with van der Waals surface area (Å²) < 4.78 is 0. The SMILES string of the molecule is CN1CCC(CC(N)C(=O)NN)CC1. The Kier molecular flexibility index (Phi) is 4.31. The zero-order chi connectivity index (χ0) is 10.6. The number of amides is 1. The maximum Gasteiger partial charge on any atom is 0.250 e. The number of hydrogen-bond acceptors (Lipinski definition) is 4. The van der Waals surface area contributed by atoms with Gasteiger partial charge in [-0.25, -0.2) is 5.84 Å². The smallest absolute Gasteiger partial charge is 0.250 e. The number of hydrogen-bond donors (Lipinski definition) is 3. The molecular formula is C9H20N4O. The van der Waals surface area contributed by atoms with Gasteiger partial charge in [0.05, 0.1) is 6.04 Å². The number of carbonyl (C=O) groups is 1. The highest BCUT2D eigenvalue weighted by atomic mass is 16.2. The van der Waals surface area contributed by atoms with E-state index in [9.17, 15) is 4.79 Å². The molecule has 0 aromatic heterocycles. The average molecular weight is 200 g/mol. The van der Waals surface area contributed by atoms with E-state index < -0.39 is 6.04 Å². The first-order valence-electron chi connectivity index (χ1n) is 5.08. The van der Waals surface area contributed by atoms with E-state index in [1.165, 1.54) is 0 Å². The van der Waals surface area contributed by atoms with Crippen LogP contribution >= 0.6 is 0 Å². The predicted octanol–water partition coefficient (Wildman–Crippen LogP) is -0.964. The van der Waals surface area contributed by atoms with Crippen LogP contribution in [0.25, 0.3) is 0 Å². The number of carbonyl (C=O) groups excluding carboxylic acids is 1. The van der Waals surface area contributed by atoms with Crippen molar-refractivity contribution in [3.8, 4) is 0 Å². The lowest BCUT2D eigenvalue weighted by Gasteiger charge is -2.29. The van der Waals surface area contributed by atoms with Gasteiger partial charge in [-0.2, -0.15) is 0 Å². The largest absolute Gasteiger partial charge is 0.320 e. The van der Waals surface area contributed by atoms with Crippen LogP contribution in [0, 0.1) is 5.92 Å². The van der Waals surface area contributed by atoms with Crippen LogP contribution in [0.5, 0.6) is 0 Å². The number of rotatable bonds is 3. The van der Waals surface area contributed by atoms with Gasteiger partial charge in [-0.3, -0.25) is 10.2 Å². The van der Waals surface area contributed by atoms with Gasteiger partial charge in [0.25, 0.3) is 5.91 Å². The number of nitrogens with one attached hydrogen (secondary N) is 1. The Morgan fingerprint density at radius 3 is 2.64 bits per heavy atom. The zero-order valence-corrected chi connectivity index (χ0v) is 8.70. The second-order valence-electron chi connectivity index (χ2n) is 4.10. The van der Waals surface area contributed by atoms with Crippen LogP contribution in [-0.2, 0) is 4.79 Å². The normalized spacial score (nSPS) is 21.9. The second-order valence-corrected chi connectivity index (χ2v) is 4.10. The van der Waals surface area contributed by atoms with Crippen molar-refractivity contribution in [2.75, 3.05) is 20.1 Å². The lowest BCUT2D eigenvalue weighted by molar-refractivity contribution is -0.122. The van der Waals surface area contributed by atoms with Crippen molar-refractivity contribution in [2.45, 2.75) is 25.3 Å². The van der Waals surface area contributed by atoms with E-state index in [0.29, 0.717) is 5.92 Å². The standard InChI is InChI=1S/C9H20N4O/c1-13-4-2-7(3-5-13)6-8(10)9(14)12-11/h7-8H,2-6,10-11H2,1H3,(H,12,14). The first-order chi connectivity index (χ1) is 6.63. The molecular weight excluding hydrogens is 180 g/mol. The van der Waals surface area contributed by atoms with Crippen LogP contribution in [0.15, 0.2) is 0 Å². The summed E-state index contributed by atoms with van der Waals surface area (Å²) in [6, 6.07) is -0.451. The van der Waals surface area contributed by atoms with E-state index in [4.69, 9.17) is 11.6 Å². The minimum absolute atomic E-state index is 0.260. The van der Waals surface area contributed by atoms with Crippen LogP contribution < -0.4 is 17.0 Å². The molecule has 5 nitrogen and oxygen atoms in total. The molecule has 0 aromatic carbocycles. The van der Waals surface area contributed by atoms with Gasteiger partial charge < -0.3 is 10.6 Å². The monoisotopic (exact) mass is 200 g/mol. The first-order valence-corrected chi connectivity index (χ1v) is 5.08. The van der Waals surface area contributed by atoms with Gasteiger partial charge in [-0.05, 0) is 45.3 Å². The molecule has 0 aliphatic carbocycles. The number of piperidine rings is 1. The van der Waals surface area contributed by atoms with Crippen LogP contribution in [0.2, 0.25) is 0 Å². The van der Waals surface area contributed by atoms with Crippen molar-refractivity contribution in [1.29, 1.82) is 0 Å². The van der Waals surface area contributed by atoms with E-state index in [2.05, 4.69) is 17.4 Å². The topological polar surface area (TPSA) is 84.4 Å². The average Bonchev–Trinajstić information content (AvgIpc) is 2.20. The van der Waals surface area contributed by atoms with Crippen LogP contribution in [0.1, 0.15) is 19.3 Å². The fourth-order valence-corrected chi connectivity index (χ4v) is 1.87. The molecule has 5 heteroatoms. The summed E-state index contributed by atoms with van der Waals surface area (Å²) in [5.41, 5.74) is 7.78. The molecule has 1 unspecified atom stereocenters. The molecule has 0 radical (unpaired) electrons. The van der Waals surface area contributed by atoms with E-state index >= 15 is 0 Å². The van der Waals surface area contributed by atoms with Gasteiger partial charge in [-0.15, -0.1) is 0 Å². The molecule has 1 heterocycles. The number of nitrogens with two attached hydrogens (primary N) is 2. The van der Waals surface area contributed by atoms with E-state index in [1.807, 2.05) is 0 Å². The van der Waals surface area contributed by atoms with Gasteiger partial charge in [0, 0.05) is 0 Å². The lowest BCUT2D eigenvalue weighted by atomic mass is 9.90. The zero-order valence-electron chi connectivity index (χ0n) is 8.70. The first kappa shape index (κ1) is 11.4. The van der Waals surface area contributed by atoms with Gasteiger partial charge in [0.2, 0.25) is 0 Å². The van der Waals surface area contributed by atoms with Gasteiger partial charge in [-0.1, -0.05) is 0 Å². The Labute approximate surface area is 84.8 Å². The van der Waals surface area contributed by atoms with Crippen molar-refractivity contribution in [2.24, 2.45) is 17.5 Å². The molecule has 0 bridgehead atoms. The molecule has 1 aliphatic heterocycles. The number of hydrazine groups is 1. The van der Waals surface area contributed by atoms with Gasteiger partial charge >= 0.3 is 0 Å². The van der Waals surface area contributed by atoms with Crippen LogP contribution in [-0.4, -0.2) is 37.0 Å². The summed E-state index contributed by atoms with van der Waals surface area (Å²) in [5.74, 6) is 5.32. The number of nitrogens with zero attached hydrogens (tertiary/aromatic N) is 1. The van der Waals surface area contributed by atoms with Crippen molar-refractivity contribution in [3.63, 3.8) is 0 Å². The summed E-state index contributed by atoms with van der Waals surface area (Å²) in [5, 5.41) is 0. The third kappa shape index (κ3) is 3.25. The fourth-order valence-electron chi connectivity index (χ4n) is 1.87. The van der Waals surface area contributed by atoms with Crippen LogP contribution in [0.3, 0.4) is 0 Å². The van der Waals surface area contributed by atoms with Crippen molar-refractivity contribution in [3.05, 3.63) is 0 Å². The number of likely N-dealkylation sites (tertiary alicyclic amines) is 1. The minimum Gasteiger partial charge on any atom is -0.320 e. The Hall–Kier alpha value is -0.650. The Morgan fingerprint density at radius 2 is 2.14 bits per heavy atom. The predicted molar refractivity (Wildman–Crippen MR) is 55.1 cm³/mol. The van der Waals surface area contributed by atoms with Crippen molar-refractivity contribution in [1.82, 2.24) is 10.3 Å². The molecule has 1 aliphatic rings. The van der Waals surface area contributed by atoms with E-state index in [1.54, 1.807) is 0 Å². The summed E-state index contributed by atoms with van der Waals surface area (Å²) in [7, 11) is 2.11. The van der Waals surface area contributed by atoms with Crippen molar-refractivity contribution >= 4 is 5.91 Å². The van der Waals surface area contributed by atoms with Gasteiger partial charge in [0.15, 0.2) is 0 Å². The van der Waals surface area contributed by atoms with Crippen molar-refractivity contribution < 1.29 is 4.79 Å². The lowest BCUT2D eigenvalue weighted by Crippen LogP contribution is -2.45. The van der Waals surface area contributed by atoms with E-state index in [0.717, 1.165) is 32.4 Å². The molecule has 0 spiro atoms. The maximum absolute atomic E-state index is 11.1. The molecule has 82 valence electrons. The summed E-state index contributed by atoms with van der Waals surface area (Å²) in [6.07, 6.45) is 3.00. The maximum atomic E-state index is 11.1. The highest BCUT2D eigenvalue weighted by molar-refractivity contribution is 5.80. The summed E-state index contributed by atoms with van der Waals surface area (Å²) >= 11 is 0. The molecule has 0 saturated carbocycles. The molecule has 1 rings (SSSR count). The molecule has 1 fully saturated rings. The fraction of sp³-hybridized carbons (Fsp3) is 0.889. The van der Waals surface area contributed by atoms with Crippen LogP contribution in [0.4, 0.5) is 0 Å². The Balaban J connectivity index is 2.27. The quantitative estimate of drug-likeness (QED) is 0.311. The molecule has 14 heavy (non-hydrogen) atoms. The summed E-state index contributed by atoms with van der Waals surface area (Å²) in [6.45, 7) is 2.20. The molecule has 1 saturated heterocycles. The Bertz CT molecular complexity index is 189. The molecule has 5 N–H and O–H groups in total. The third-order valence-corrected chi connectivity index (χ3v) is 2.90. The molecule has 0 aromatic rings. The third-order valence-electron chi connectivity index (χ3n) is 2.90. The highest BCUT2D eigenvalue weighted by Gasteiger charge is 2.22. The second kappa shape index (κ2) is 5.29. The van der Waals surface area contributed by atoms with Gasteiger partial charge in [0.1, 0.15) is 0 Å². The van der Waals surface area contributed by atoms with E-state index in [-0.39, 0.29) is 5.91 Å².